The third-order valence-electron chi connectivity index (χ3n) is 3.97. The minimum Gasteiger partial charge on any atom is -0.478 e. The van der Waals surface area contributed by atoms with E-state index in [9.17, 15) is 14.4 Å². The summed E-state index contributed by atoms with van der Waals surface area (Å²) in [4.78, 5) is 37.9. The molecule has 0 saturated carbocycles. The number of carbonyl (C=O) groups is 3. The van der Waals surface area contributed by atoms with Gasteiger partial charge >= 0.3 is 5.97 Å². The SMILES string of the molecule is CN(C)c1ccc(/C=C2/C(=O)c3ccc(C(=O)O)cc3C2=O)cc1. The molecule has 0 saturated heterocycles. The number of Topliss-reactive ketones (excluding diaryl/α,β-unsaturated/α-hetero) is 2. The second kappa shape index (κ2) is 5.77. The molecule has 2 aromatic rings. The molecule has 0 unspecified atom stereocenters. The zero-order chi connectivity index (χ0) is 17.4. The molecule has 5 heteroatoms. The standard InChI is InChI=1S/C19H15NO4/c1-20(2)13-6-3-11(4-7-13)9-16-17(21)14-8-5-12(19(23)24)10-15(14)18(16)22/h3-10H,1-2H3,(H,23,24)/b16-9-. The van der Waals surface area contributed by atoms with E-state index in [1.165, 1.54) is 18.2 Å². The largest absolute Gasteiger partial charge is 0.478 e. The number of rotatable bonds is 3. The predicted molar refractivity (Wildman–Crippen MR) is 90.8 cm³/mol. The smallest absolute Gasteiger partial charge is 0.335 e. The Morgan fingerprint density at radius 2 is 1.58 bits per heavy atom. The van der Waals surface area contributed by atoms with E-state index in [1.54, 1.807) is 6.08 Å². The van der Waals surface area contributed by atoms with Gasteiger partial charge in [0.2, 0.25) is 0 Å². The van der Waals surface area contributed by atoms with Crippen LogP contribution in [0.5, 0.6) is 0 Å². The molecule has 5 nitrogen and oxygen atoms in total. The summed E-state index contributed by atoms with van der Waals surface area (Å²) in [7, 11) is 3.85. The van der Waals surface area contributed by atoms with Gasteiger partial charge in [0.25, 0.3) is 0 Å². The van der Waals surface area contributed by atoms with Crippen LogP contribution in [-0.4, -0.2) is 36.7 Å². The fraction of sp³-hybridized carbons (Fsp3) is 0.105. The van der Waals surface area contributed by atoms with Crippen LogP contribution in [0.1, 0.15) is 36.6 Å². The number of fused-ring (bicyclic) bond motifs is 1. The number of carbonyl (C=O) groups excluding carboxylic acids is 2. The van der Waals surface area contributed by atoms with Crippen molar-refractivity contribution < 1.29 is 19.5 Å². The number of hydrogen-bond acceptors (Lipinski definition) is 4. The summed E-state index contributed by atoms with van der Waals surface area (Å²) < 4.78 is 0. The molecule has 0 aromatic heterocycles. The van der Waals surface area contributed by atoms with Gasteiger partial charge in [0.05, 0.1) is 11.1 Å². The summed E-state index contributed by atoms with van der Waals surface area (Å²) in [5.74, 6) is -1.94. The lowest BCUT2D eigenvalue weighted by molar-refractivity contribution is 0.0696. The number of aromatic carboxylic acids is 1. The van der Waals surface area contributed by atoms with Crippen molar-refractivity contribution in [1.29, 1.82) is 0 Å². The van der Waals surface area contributed by atoms with Gasteiger partial charge in [-0.15, -0.1) is 0 Å². The highest BCUT2D eigenvalue weighted by molar-refractivity contribution is 6.41. The van der Waals surface area contributed by atoms with Crippen molar-refractivity contribution in [1.82, 2.24) is 0 Å². The van der Waals surface area contributed by atoms with Crippen molar-refractivity contribution in [2.75, 3.05) is 19.0 Å². The van der Waals surface area contributed by atoms with E-state index in [0.717, 1.165) is 11.3 Å². The van der Waals surface area contributed by atoms with Crippen molar-refractivity contribution in [2.45, 2.75) is 0 Å². The molecule has 1 N–H and O–H groups in total. The molecule has 0 bridgehead atoms. The van der Waals surface area contributed by atoms with Gasteiger partial charge < -0.3 is 10.0 Å². The Morgan fingerprint density at radius 1 is 0.958 bits per heavy atom. The van der Waals surface area contributed by atoms with Crippen LogP contribution in [0.2, 0.25) is 0 Å². The zero-order valence-electron chi connectivity index (χ0n) is 13.2. The number of ketones is 2. The van der Waals surface area contributed by atoms with E-state index >= 15 is 0 Å². The highest BCUT2D eigenvalue weighted by atomic mass is 16.4. The van der Waals surface area contributed by atoms with Crippen LogP contribution in [0.3, 0.4) is 0 Å². The van der Waals surface area contributed by atoms with Crippen molar-refractivity contribution in [3.8, 4) is 0 Å². The molecule has 0 spiro atoms. The highest BCUT2D eigenvalue weighted by Gasteiger charge is 2.33. The molecule has 0 aliphatic heterocycles. The first-order valence-electron chi connectivity index (χ1n) is 7.34. The Labute approximate surface area is 138 Å². The first-order valence-corrected chi connectivity index (χ1v) is 7.34. The number of anilines is 1. The number of carboxylic acid groups (broad SMARTS) is 1. The van der Waals surface area contributed by atoms with Gasteiger partial charge in [-0.1, -0.05) is 12.1 Å². The van der Waals surface area contributed by atoms with Crippen molar-refractivity contribution in [3.63, 3.8) is 0 Å². The number of benzene rings is 2. The molecule has 0 heterocycles. The number of carboxylic acids is 1. The minimum atomic E-state index is -1.13. The molecule has 3 rings (SSSR count). The third kappa shape index (κ3) is 2.60. The molecule has 0 radical (unpaired) electrons. The normalized spacial score (nSPS) is 14.8. The van der Waals surface area contributed by atoms with Gasteiger partial charge in [0.15, 0.2) is 11.6 Å². The third-order valence-corrected chi connectivity index (χ3v) is 3.97. The minimum absolute atomic E-state index is 0.00788. The predicted octanol–water partition coefficient (Wildman–Crippen LogP) is 2.91. The summed E-state index contributed by atoms with van der Waals surface area (Å²) >= 11 is 0. The number of nitrogens with zero attached hydrogens (tertiary/aromatic N) is 1. The van der Waals surface area contributed by atoms with Crippen LogP contribution >= 0.6 is 0 Å². The van der Waals surface area contributed by atoms with Gasteiger partial charge in [-0.25, -0.2) is 4.79 Å². The van der Waals surface area contributed by atoms with E-state index in [1.807, 2.05) is 43.3 Å². The van der Waals surface area contributed by atoms with Crippen LogP contribution < -0.4 is 4.90 Å². The first-order chi connectivity index (χ1) is 11.4. The van der Waals surface area contributed by atoms with Crippen LogP contribution in [0.15, 0.2) is 48.0 Å². The highest BCUT2D eigenvalue weighted by Crippen LogP contribution is 2.29. The average molecular weight is 321 g/mol. The Bertz CT molecular complexity index is 892. The Hall–Kier alpha value is -3.21. The van der Waals surface area contributed by atoms with Crippen LogP contribution in [-0.2, 0) is 0 Å². The summed E-state index contributed by atoms with van der Waals surface area (Å²) in [6.07, 6.45) is 1.55. The lowest BCUT2D eigenvalue weighted by Crippen LogP contribution is -2.08. The Balaban J connectivity index is 1.99. The van der Waals surface area contributed by atoms with Crippen LogP contribution in [0, 0.1) is 0 Å². The van der Waals surface area contributed by atoms with E-state index in [4.69, 9.17) is 5.11 Å². The molecule has 0 fully saturated rings. The van der Waals surface area contributed by atoms with Gasteiger partial charge in [-0.05, 0) is 42.0 Å². The number of hydrogen-bond donors (Lipinski definition) is 1. The van der Waals surface area contributed by atoms with Gasteiger partial charge in [0, 0.05) is 30.9 Å². The van der Waals surface area contributed by atoms with Crippen molar-refractivity contribution >= 4 is 29.3 Å². The molecule has 120 valence electrons. The van der Waals surface area contributed by atoms with Gasteiger partial charge in [-0.3, -0.25) is 9.59 Å². The molecular formula is C19H15NO4. The quantitative estimate of drug-likeness (QED) is 0.695. The lowest BCUT2D eigenvalue weighted by atomic mass is 10.1. The zero-order valence-corrected chi connectivity index (χ0v) is 13.2. The summed E-state index contributed by atoms with van der Waals surface area (Å²) in [6.45, 7) is 0. The lowest BCUT2D eigenvalue weighted by Gasteiger charge is -2.11. The van der Waals surface area contributed by atoms with E-state index in [2.05, 4.69) is 0 Å². The second-order valence-corrected chi connectivity index (χ2v) is 5.77. The Kier molecular flexibility index (Phi) is 3.77. The maximum absolute atomic E-state index is 12.5. The van der Waals surface area contributed by atoms with Crippen molar-refractivity contribution in [3.05, 3.63) is 70.3 Å². The molecule has 1 aliphatic carbocycles. The fourth-order valence-corrected chi connectivity index (χ4v) is 2.62. The first kappa shape index (κ1) is 15.7. The summed E-state index contributed by atoms with van der Waals surface area (Å²) in [5, 5.41) is 9.03. The average Bonchev–Trinajstić information content (AvgIpc) is 2.80. The molecular weight excluding hydrogens is 306 g/mol. The van der Waals surface area contributed by atoms with Gasteiger partial charge in [-0.2, -0.15) is 0 Å². The Morgan fingerprint density at radius 3 is 2.17 bits per heavy atom. The van der Waals surface area contributed by atoms with Crippen molar-refractivity contribution in [2.24, 2.45) is 0 Å². The van der Waals surface area contributed by atoms with Crippen LogP contribution in [0.25, 0.3) is 6.08 Å². The van der Waals surface area contributed by atoms with Crippen LogP contribution in [0.4, 0.5) is 5.69 Å². The maximum Gasteiger partial charge on any atom is 0.335 e. The molecule has 0 atom stereocenters. The second-order valence-electron chi connectivity index (χ2n) is 5.77. The fourth-order valence-electron chi connectivity index (χ4n) is 2.62. The maximum atomic E-state index is 12.5. The van der Waals surface area contributed by atoms with E-state index in [-0.39, 0.29) is 28.0 Å². The van der Waals surface area contributed by atoms with Gasteiger partial charge in [0.1, 0.15) is 0 Å². The monoisotopic (exact) mass is 321 g/mol. The molecule has 2 aromatic carbocycles. The molecule has 0 amide bonds. The molecule has 1 aliphatic rings. The molecule has 24 heavy (non-hydrogen) atoms. The summed E-state index contributed by atoms with van der Waals surface area (Å²) in [5.41, 5.74) is 2.20. The van der Waals surface area contributed by atoms with E-state index in [0.29, 0.717) is 0 Å². The topological polar surface area (TPSA) is 74.7 Å². The van der Waals surface area contributed by atoms with E-state index < -0.39 is 11.8 Å². The summed E-state index contributed by atoms with van der Waals surface area (Å²) in [6, 6.07) is 11.4. The number of allylic oxidation sites excluding steroid dienone is 1.